The lowest BCUT2D eigenvalue weighted by Gasteiger charge is -2.02. The second kappa shape index (κ2) is 5.23. The van der Waals surface area contributed by atoms with Crippen molar-refractivity contribution in [1.29, 1.82) is 0 Å². The van der Waals surface area contributed by atoms with Gasteiger partial charge in [-0.3, -0.25) is 0 Å². The van der Waals surface area contributed by atoms with Crippen molar-refractivity contribution < 1.29 is 4.39 Å². The highest BCUT2D eigenvalue weighted by Gasteiger charge is 2.13. The molecular formula is C15H10ClFN2S. The molecule has 0 fully saturated rings. The lowest BCUT2D eigenvalue weighted by atomic mass is 10.1. The molecule has 1 aromatic heterocycles. The number of halogens is 2. The van der Waals surface area contributed by atoms with Gasteiger partial charge in [-0.25, -0.2) is 9.37 Å². The van der Waals surface area contributed by atoms with Gasteiger partial charge in [0.15, 0.2) is 5.82 Å². The van der Waals surface area contributed by atoms with E-state index in [-0.39, 0.29) is 5.02 Å². The molecule has 3 aromatic rings. The van der Waals surface area contributed by atoms with Gasteiger partial charge in [-0.05, 0) is 18.2 Å². The van der Waals surface area contributed by atoms with Crippen LogP contribution >= 0.6 is 22.9 Å². The minimum atomic E-state index is -0.448. The Labute approximate surface area is 124 Å². The summed E-state index contributed by atoms with van der Waals surface area (Å²) in [6.07, 6.45) is 0. The quantitative estimate of drug-likeness (QED) is 0.687. The molecule has 0 unspecified atom stereocenters. The third kappa shape index (κ3) is 2.28. The van der Waals surface area contributed by atoms with E-state index in [0.717, 1.165) is 11.3 Å². The second-order valence-electron chi connectivity index (χ2n) is 4.23. The second-order valence-corrected chi connectivity index (χ2v) is 5.49. The molecule has 0 aliphatic rings. The number of para-hydroxylation sites is 1. The van der Waals surface area contributed by atoms with Gasteiger partial charge in [-0.1, -0.05) is 35.9 Å². The van der Waals surface area contributed by atoms with Gasteiger partial charge in [-0.2, -0.15) is 0 Å². The maximum Gasteiger partial charge on any atom is 0.152 e. The standard InChI is InChI=1S/C15H10ClFN2S/c16-11-6-3-5-10(14(11)17)15-19-13(8-20-15)9-4-1-2-7-12(9)18/h1-8H,18H2. The number of hydrogen-bond donors (Lipinski definition) is 1. The molecule has 20 heavy (non-hydrogen) atoms. The topological polar surface area (TPSA) is 38.9 Å². The van der Waals surface area contributed by atoms with Crippen molar-refractivity contribution in [3.63, 3.8) is 0 Å². The summed E-state index contributed by atoms with van der Waals surface area (Å²) in [6.45, 7) is 0. The molecule has 5 heteroatoms. The van der Waals surface area contributed by atoms with E-state index in [0.29, 0.717) is 16.3 Å². The van der Waals surface area contributed by atoms with E-state index >= 15 is 0 Å². The molecular weight excluding hydrogens is 295 g/mol. The molecule has 2 aromatic carbocycles. The normalized spacial score (nSPS) is 10.7. The molecule has 0 atom stereocenters. The molecule has 2 nitrogen and oxygen atoms in total. The molecule has 1 heterocycles. The van der Waals surface area contributed by atoms with Crippen LogP contribution in [0.2, 0.25) is 5.02 Å². The van der Waals surface area contributed by atoms with Crippen LogP contribution in [0.25, 0.3) is 21.8 Å². The highest BCUT2D eigenvalue weighted by molar-refractivity contribution is 7.13. The predicted molar refractivity (Wildman–Crippen MR) is 82.4 cm³/mol. The number of hydrogen-bond acceptors (Lipinski definition) is 3. The minimum absolute atomic E-state index is 0.0958. The molecule has 0 spiro atoms. The minimum Gasteiger partial charge on any atom is -0.398 e. The number of nitrogen functional groups attached to an aromatic ring is 1. The molecule has 0 aliphatic carbocycles. The maximum atomic E-state index is 14.0. The summed E-state index contributed by atoms with van der Waals surface area (Å²) in [7, 11) is 0. The highest BCUT2D eigenvalue weighted by atomic mass is 35.5. The number of nitrogens with zero attached hydrogens (tertiary/aromatic N) is 1. The number of thiazole rings is 1. The summed E-state index contributed by atoms with van der Waals surface area (Å²) in [6, 6.07) is 12.4. The van der Waals surface area contributed by atoms with Gasteiger partial charge < -0.3 is 5.73 Å². The van der Waals surface area contributed by atoms with Crippen molar-refractivity contribution in [2.75, 3.05) is 5.73 Å². The van der Waals surface area contributed by atoms with Gasteiger partial charge in [0.2, 0.25) is 0 Å². The van der Waals surface area contributed by atoms with Crippen molar-refractivity contribution in [3.8, 4) is 21.8 Å². The Morgan fingerprint density at radius 1 is 1.05 bits per heavy atom. The predicted octanol–water partition coefficient (Wildman–Crippen LogP) is 4.85. The highest BCUT2D eigenvalue weighted by Crippen LogP contribution is 2.34. The van der Waals surface area contributed by atoms with Crippen LogP contribution in [-0.2, 0) is 0 Å². The smallest absolute Gasteiger partial charge is 0.152 e. The number of anilines is 1. The lowest BCUT2D eigenvalue weighted by molar-refractivity contribution is 0.631. The van der Waals surface area contributed by atoms with Gasteiger partial charge in [0.25, 0.3) is 0 Å². The molecule has 3 rings (SSSR count). The first-order chi connectivity index (χ1) is 9.66. The summed E-state index contributed by atoms with van der Waals surface area (Å²) in [5.41, 5.74) is 8.56. The van der Waals surface area contributed by atoms with Crippen molar-refractivity contribution >= 4 is 28.6 Å². The summed E-state index contributed by atoms with van der Waals surface area (Å²) < 4.78 is 14.0. The summed E-state index contributed by atoms with van der Waals surface area (Å²) in [5, 5.41) is 2.54. The lowest BCUT2D eigenvalue weighted by Crippen LogP contribution is -1.90. The van der Waals surface area contributed by atoms with Crippen LogP contribution in [0.15, 0.2) is 47.8 Å². The first-order valence-electron chi connectivity index (χ1n) is 5.91. The van der Waals surface area contributed by atoms with Crippen molar-refractivity contribution in [1.82, 2.24) is 4.98 Å². The van der Waals surface area contributed by atoms with Crippen LogP contribution in [0.1, 0.15) is 0 Å². The number of rotatable bonds is 2. The number of benzene rings is 2. The fourth-order valence-corrected chi connectivity index (χ4v) is 2.93. The summed E-state index contributed by atoms with van der Waals surface area (Å²) >= 11 is 7.16. The third-order valence-corrected chi connectivity index (χ3v) is 4.09. The van der Waals surface area contributed by atoms with E-state index < -0.39 is 5.82 Å². The van der Waals surface area contributed by atoms with Gasteiger partial charge in [0, 0.05) is 22.2 Å². The molecule has 0 aliphatic heterocycles. The molecule has 0 saturated heterocycles. The van der Waals surface area contributed by atoms with Crippen LogP contribution in [0.5, 0.6) is 0 Å². The van der Waals surface area contributed by atoms with Crippen LogP contribution < -0.4 is 5.73 Å². The fourth-order valence-electron chi connectivity index (χ4n) is 1.92. The van der Waals surface area contributed by atoms with E-state index in [1.807, 2.05) is 29.6 Å². The Morgan fingerprint density at radius 3 is 2.60 bits per heavy atom. The maximum absolute atomic E-state index is 14.0. The SMILES string of the molecule is Nc1ccccc1-c1csc(-c2cccc(Cl)c2F)n1. The molecule has 0 radical (unpaired) electrons. The van der Waals surface area contributed by atoms with Crippen molar-refractivity contribution in [2.45, 2.75) is 0 Å². The molecule has 100 valence electrons. The van der Waals surface area contributed by atoms with E-state index in [9.17, 15) is 4.39 Å². The zero-order chi connectivity index (χ0) is 14.1. The zero-order valence-corrected chi connectivity index (χ0v) is 11.9. The first kappa shape index (κ1) is 13.1. The fraction of sp³-hybridized carbons (Fsp3) is 0. The van der Waals surface area contributed by atoms with Gasteiger partial charge in [0.1, 0.15) is 5.01 Å². The Morgan fingerprint density at radius 2 is 1.80 bits per heavy atom. The molecule has 0 bridgehead atoms. The molecule has 2 N–H and O–H groups in total. The van der Waals surface area contributed by atoms with E-state index in [1.54, 1.807) is 12.1 Å². The molecule has 0 saturated carbocycles. The zero-order valence-electron chi connectivity index (χ0n) is 10.3. The Hall–Kier alpha value is -1.91. The van der Waals surface area contributed by atoms with E-state index in [1.165, 1.54) is 17.4 Å². The summed E-state index contributed by atoms with van der Waals surface area (Å²) in [4.78, 5) is 4.45. The van der Waals surface area contributed by atoms with Crippen molar-refractivity contribution in [3.05, 3.63) is 58.7 Å². The van der Waals surface area contributed by atoms with Gasteiger partial charge >= 0.3 is 0 Å². The first-order valence-corrected chi connectivity index (χ1v) is 7.17. The summed E-state index contributed by atoms with van der Waals surface area (Å²) in [5.74, 6) is -0.448. The molecule has 0 amide bonds. The van der Waals surface area contributed by atoms with Gasteiger partial charge in [0.05, 0.1) is 10.7 Å². The average molecular weight is 305 g/mol. The van der Waals surface area contributed by atoms with Gasteiger partial charge in [-0.15, -0.1) is 11.3 Å². The van der Waals surface area contributed by atoms with Crippen LogP contribution in [0.4, 0.5) is 10.1 Å². The average Bonchev–Trinajstić information content (AvgIpc) is 2.92. The van der Waals surface area contributed by atoms with Crippen LogP contribution in [0, 0.1) is 5.82 Å². The van der Waals surface area contributed by atoms with E-state index in [4.69, 9.17) is 17.3 Å². The van der Waals surface area contributed by atoms with Crippen LogP contribution in [0.3, 0.4) is 0 Å². The Bertz CT molecular complexity index is 770. The Kier molecular flexibility index (Phi) is 3.42. The van der Waals surface area contributed by atoms with Crippen molar-refractivity contribution in [2.24, 2.45) is 0 Å². The Balaban J connectivity index is 2.07. The number of aromatic nitrogens is 1. The largest absolute Gasteiger partial charge is 0.398 e. The third-order valence-electron chi connectivity index (χ3n) is 2.92. The monoisotopic (exact) mass is 304 g/mol. The van der Waals surface area contributed by atoms with E-state index in [2.05, 4.69) is 4.98 Å². The van der Waals surface area contributed by atoms with Crippen LogP contribution in [-0.4, -0.2) is 4.98 Å². The number of nitrogens with two attached hydrogens (primary N) is 1.